The van der Waals surface area contributed by atoms with Gasteiger partial charge in [0.15, 0.2) is 0 Å². The number of nitrogens with zero attached hydrogens (tertiary/aromatic N) is 4. The summed E-state index contributed by atoms with van der Waals surface area (Å²) < 4.78 is 2.27. The van der Waals surface area contributed by atoms with Gasteiger partial charge < -0.3 is 4.90 Å². The van der Waals surface area contributed by atoms with Crippen molar-refractivity contribution in [2.45, 2.75) is 66.3 Å². The predicted molar refractivity (Wildman–Crippen MR) is 136 cm³/mol. The van der Waals surface area contributed by atoms with E-state index >= 15 is 0 Å². The summed E-state index contributed by atoms with van der Waals surface area (Å²) in [4.78, 5) is 30.7. The quantitative estimate of drug-likeness (QED) is 0.326. The summed E-state index contributed by atoms with van der Waals surface area (Å²) in [6.45, 7) is 10.9. The minimum atomic E-state index is -0.259. The Balaban J connectivity index is 2.13. The molecule has 0 aliphatic carbocycles. The fourth-order valence-electron chi connectivity index (χ4n) is 4.50. The Bertz CT molecular complexity index is 1040. The molecule has 2 saturated heterocycles. The average Bonchev–Trinajstić information content (AvgIpc) is 3.03. The normalized spacial score (nSPS) is 20.3. The number of piperidine rings is 1. The van der Waals surface area contributed by atoms with Gasteiger partial charge in [-0.15, -0.1) is 0 Å². The van der Waals surface area contributed by atoms with Crippen LogP contribution in [-0.4, -0.2) is 39.3 Å². The number of thiocarbonyl (C=S) groups is 1. The number of carbonyl (C=O) groups excluding carboxylic acids is 1. The van der Waals surface area contributed by atoms with E-state index in [1.165, 1.54) is 11.8 Å². The molecule has 1 amide bonds. The van der Waals surface area contributed by atoms with Crippen LogP contribution in [0.3, 0.4) is 0 Å². The molecule has 2 aliphatic rings. The molecule has 6 nitrogen and oxygen atoms in total. The molecule has 2 fully saturated rings. The zero-order valence-corrected chi connectivity index (χ0v) is 21.1. The molecule has 8 heteroatoms. The molecule has 172 valence electrons. The SMILES string of the molecule is CCCCCN1C(=O)C(=Cc2c(C)c(C#N)c(=O)n(CC)c2N2CCCC(C)C2)SC1=S. The second-order valence-electron chi connectivity index (χ2n) is 8.63. The van der Waals surface area contributed by atoms with E-state index in [1.807, 2.05) is 19.9 Å². The van der Waals surface area contributed by atoms with E-state index in [0.29, 0.717) is 33.8 Å². The van der Waals surface area contributed by atoms with Crippen LogP contribution in [0.25, 0.3) is 6.08 Å². The van der Waals surface area contributed by atoms with Crippen LogP contribution in [0.4, 0.5) is 5.82 Å². The highest BCUT2D eigenvalue weighted by molar-refractivity contribution is 8.26. The van der Waals surface area contributed by atoms with Crippen molar-refractivity contribution in [1.82, 2.24) is 9.47 Å². The molecule has 1 unspecified atom stereocenters. The lowest BCUT2D eigenvalue weighted by Crippen LogP contribution is -2.40. The van der Waals surface area contributed by atoms with Crippen molar-refractivity contribution in [1.29, 1.82) is 5.26 Å². The van der Waals surface area contributed by atoms with Crippen molar-refractivity contribution in [2.75, 3.05) is 24.5 Å². The Morgan fingerprint density at radius 3 is 2.66 bits per heavy atom. The third kappa shape index (κ3) is 4.79. The molecule has 0 radical (unpaired) electrons. The molecule has 1 aromatic rings. The third-order valence-electron chi connectivity index (χ3n) is 6.25. The molecule has 3 heterocycles. The molecular formula is C24H32N4O2S2. The van der Waals surface area contributed by atoms with E-state index in [4.69, 9.17) is 12.2 Å². The van der Waals surface area contributed by atoms with Crippen molar-refractivity contribution >= 4 is 46.1 Å². The first kappa shape index (κ1) is 24.5. The number of carbonyl (C=O) groups is 1. The number of hydrogen-bond donors (Lipinski definition) is 0. The molecule has 0 aromatic carbocycles. The van der Waals surface area contributed by atoms with E-state index in [-0.39, 0.29) is 17.0 Å². The molecular weight excluding hydrogens is 440 g/mol. The van der Waals surface area contributed by atoms with Crippen molar-refractivity contribution < 1.29 is 4.79 Å². The lowest BCUT2D eigenvalue weighted by molar-refractivity contribution is -0.122. The highest BCUT2D eigenvalue weighted by Gasteiger charge is 2.33. The third-order valence-corrected chi connectivity index (χ3v) is 7.63. The number of hydrogen-bond acceptors (Lipinski definition) is 6. The highest BCUT2D eigenvalue weighted by Crippen LogP contribution is 2.36. The van der Waals surface area contributed by atoms with Crippen LogP contribution in [0.2, 0.25) is 0 Å². The molecule has 1 aromatic heterocycles. The number of aromatic nitrogens is 1. The Morgan fingerprint density at radius 2 is 2.03 bits per heavy atom. The van der Waals surface area contributed by atoms with Crippen molar-refractivity contribution in [3.8, 4) is 6.07 Å². The van der Waals surface area contributed by atoms with Gasteiger partial charge in [-0.2, -0.15) is 5.26 Å². The van der Waals surface area contributed by atoms with Gasteiger partial charge in [0.05, 0.1) is 4.91 Å². The fraction of sp³-hybridized carbons (Fsp3) is 0.583. The molecule has 0 saturated carbocycles. The molecule has 1 atom stereocenters. The molecule has 2 aliphatic heterocycles. The first-order valence-electron chi connectivity index (χ1n) is 11.5. The van der Waals surface area contributed by atoms with Crippen LogP contribution in [0.1, 0.15) is 69.6 Å². The maximum absolute atomic E-state index is 13.1. The Kier molecular flexibility index (Phi) is 8.18. The van der Waals surface area contributed by atoms with Crippen LogP contribution in [0.15, 0.2) is 9.70 Å². The van der Waals surface area contributed by atoms with Crippen LogP contribution in [-0.2, 0) is 11.3 Å². The topological polar surface area (TPSA) is 69.3 Å². The Labute approximate surface area is 200 Å². The second-order valence-corrected chi connectivity index (χ2v) is 10.3. The summed E-state index contributed by atoms with van der Waals surface area (Å²) in [7, 11) is 0. The maximum Gasteiger partial charge on any atom is 0.270 e. The van der Waals surface area contributed by atoms with Gasteiger partial charge in [0, 0.05) is 31.7 Å². The number of thioether (sulfide) groups is 1. The summed E-state index contributed by atoms with van der Waals surface area (Å²) in [5, 5.41) is 9.71. The average molecular weight is 473 g/mol. The van der Waals surface area contributed by atoms with Gasteiger partial charge >= 0.3 is 0 Å². The van der Waals surface area contributed by atoms with Crippen molar-refractivity contribution in [3.63, 3.8) is 0 Å². The number of anilines is 1. The van der Waals surface area contributed by atoms with Gasteiger partial charge in [0.1, 0.15) is 21.8 Å². The van der Waals surface area contributed by atoms with Crippen LogP contribution < -0.4 is 10.5 Å². The lowest BCUT2D eigenvalue weighted by Gasteiger charge is -2.35. The van der Waals surface area contributed by atoms with Gasteiger partial charge in [0.25, 0.3) is 11.5 Å². The van der Waals surface area contributed by atoms with E-state index < -0.39 is 0 Å². The van der Waals surface area contributed by atoms with E-state index in [0.717, 1.165) is 56.6 Å². The zero-order valence-electron chi connectivity index (χ0n) is 19.4. The fourth-order valence-corrected chi connectivity index (χ4v) is 5.79. The first-order valence-corrected chi connectivity index (χ1v) is 12.7. The summed E-state index contributed by atoms with van der Waals surface area (Å²) in [5.41, 5.74) is 1.30. The van der Waals surface area contributed by atoms with Crippen LogP contribution in [0.5, 0.6) is 0 Å². The molecule has 0 bridgehead atoms. The number of rotatable bonds is 7. The minimum absolute atomic E-state index is 0.0822. The van der Waals surface area contributed by atoms with Crippen molar-refractivity contribution in [2.24, 2.45) is 5.92 Å². The lowest BCUT2D eigenvalue weighted by atomic mass is 9.98. The van der Waals surface area contributed by atoms with E-state index in [9.17, 15) is 14.9 Å². The standard InChI is InChI=1S/C24H32N4O2S2/c1-5-7-8-12-28-23(30)20(32-24(28)31)13-18-17(4)19(14-25)22(29)27(6-2)21(18)26-11-9-10-16(3)15-26/h13,16H,5-12,15H2,1-4H3. The number of amides is 1. The molecule has 3 rings (SSSR count). The highest BCUT2D eigenvalue weighted by atomic mass is 32.2. The largest absolute Gasteiger partial charge is 0.357 e. The van der Waals surface area contributed by atoms with Gasteiger partial charge in [0.2, 0.25) is 0 Å². The Hall–Kier alpha value is -2.11. The van der Waals surface area contributed by atoms with Crippen molar-refractivity contribution in [3.05, 3.63) is 31.9 Å². The predicted octanol–water partition coefficient (Wildman–Crippen LogP) is 4.68. The van der Waals surface area contributed by atoms with Gasteiger partial charge in [-0.05, 0) is 50.7 Å². The second kappa shape index (κ2) is 10.7. The minimum Gasteiger partial charge on any atom is -0.357 e. The van der Waals surface area contributed by atoms with Gasteiger partial charge in [-0.1, -0.05) is 50.7 Å². The van der Waals surface area contributed by atoms with Crippen LogP contribution in [0, 0.1) is 24.2 Å². The summed E-state index contributed by atoms with van der Waals surface area (Å²) in [5.74, 6) is 1.25. The molecule has 0 N–H and O–H groups in total. The molecule has 32 heavy (non-hydrogen) atoms. The van der Waals surface area contributed by atoms with E-state index in [1.54, 1.807) is 9.47 Å². The summed E-state index contributed by atoms with van der Waals surface area (Å²) in [6.07, 6.45) is 7.13. The number of unbranched alkanes of at least 4 members (excludes halogenated alkanes) is 2. The summed E-state index contributed by atoms with van der Waals surface area (Å²) in [6, 6.07) is 2.10. The molecule has 0 spiro atoms. The Morgan fingerprint density at radius 1 is 1.28 bits per heavy atom. The monoisotopic (exact) mass is 472 g/mol. The van der Waals surface area contributed by atoms with E-state index in [2.05, 4.69) is 24.8 Å². The first-order chi connectivity index (χ1) is 15.3. The zero-order chi connectivity index (χ0) is 23.4. The smallest absolute Gasteiger partial charge is 0.270 e. The van der Waals surface area contributed by atoms with Gasteiger partial charge in [-0.3, -0.25) is 19.1 Å². The maximum atomic E-state index is 13.1. The number of pyridine rings is 1. The van der Waals surface area contributed by atoms with Crippen LogP contribution >= 0.6 is 24.0 Å². The van der Waals surface area contributed by atoms with Gasteiger partial charge in [-0.25, -0.2) is 0 Å². The summed E-state index contributed by atoms with van der Waals surface area (Å²) >= 11 is 6.80. The number of nitriles is 1.